The number of hydrogen-bond donors (Lipinski definition) is 0. The van der Waals surface area contributed by atoms with Crippen molar-refractivity contribution in [1.82, 2.24) is 0 Å². The molecule has 0 heterocycles. The van der Waals surface area contributed by atoms with Crippen molar-refractivity contribution >= 4 is 0 Å². The lowest BCUT2D eigenvalue weighted by atomic mass is 10.1. The minimum atomic E-state index is 0.606. The third kappa shape index (κ3) is 5.74. The number of unbranched alkanes of at least 4 members (excludes halogenated alkanes) is 1. The zero-order valence-electron chi connectivity index (χ0n) is 5.69. The van der Waals surface area contributed by atoms with Crippen molar-refractivity contribution < 1.29 is 0 Å². The van der Waals surface area contributed by atoms with E-state index in [9.17, 15) is 0 Å². The van der Waals surface area contributed by atoms with Gasteiger partial charge in [-0.3, -0.25) is 0 Å². The molecule has 0 aromatic rings. The van der Waals surface area contributed by atoms with Crippen molar-refractivity contribution in [3.8, 4) is 0 Å². The first-order valence-electron chi connectivity index (χ1n) is 3.21. The monoisotopic (exact) mass is 111 g/mol. The van der Waals surface area contributed by atoms with Gasteiger partial charge in [-0.05, 0) is 18.8 Å². The summed E-state index contributed by atoms with van der Waals surface area (Å²) < 4.78 is 0. The van der Waals surface area contributed by atoms with E-state index in [0.29, 0.717) is 5.92 Å². The fourth-order valence-electron chi connectivity index (χ4n) is 0.611. The van der Waals surface area contributed by atoms with Crippen molar-refractivity contribution in [1.29, 1.82) is 0 Å². The molecule has 8 heavy (non-hydrogen) atoms. The summed E-state index contributed by atoms with van der Waals surface area (Å²) in [5.41, 5.74) is 0. The van der Waals surface area contributed by atoms with Gasteiger partial charge in [0.25, 0.3) is 0 Å². The second kappa shape index (κ2) is 4.89. The molecule has 0 saturated heterocycles. The van der Waals surface area contributed by atoms with Gasteiger partial charge in [0.15, 0.2) is 0 Å². The summed E-state index contributed by atoms with van der Waals surface area (Å²) in [5.74, 6) is 0.606. The zero-order chi connectivity index (χ0) is 6.41. The van der Waals surface area contributed by atoms with E-state index >= 15 is 0 Å². The molecule has 0 aromatic heterocycles. The Kier molecular flexibility index (Phi) is 4.73. The third-order valence-electron chi connectivity index (χ3n) is 1.11. The van der Waals surface area contributed by atoms with Gasteiger partial charge < -0.3 is 0 Å². The van der Waals surface area contributed by atoms with Crippen molar-refractivity contribution in [2.24, 2.45) is 5.92 Å². The quantitative estimate of drug-likeness (QED) is 0.386. The van der Waals surface area contributed by atoms with Crippen LogP contribution in [0.4, 0.5) is 0 Å². The summed E-state index contributed by atoms with van der Waals surface area (Å²) in [5, 5.41) is 0. The van der Waals surface area contributed by atoms with E-state index in [-0.39, 0.29) is 0 Å². The first-order valence-corrected chi connectivity index (χ1v) is 3.21. The second-order valence-electron chi connectivity index (χ2n) is 2.32. The Bertz CT molecular complexity index is 53.1. The van der Waals surface area contributed by atoms with Crippen LogP contribution in [-0.2, 0) is 0 Å². The first kappa shape index (κ1) is 7.74. The van der Waals surface area contributed by atoms with Crippen LogP contribution < -0.4 is 0 Å². The molecule has 0 heteroatoms. The number of allylic oxidation sites excluding steroid dienone is 1. The fraction of sp³-hybridized carbons (Fsp3) is 0.625. The highest BCUT2D eigenvalue weighted by Gasteiger charge is 1.89. The van der Waals surface area contributed by atoms with Crippen LogP contribution in [0.2, 0.25) is 0 Å². The Hall–Kier alpha value is -0.260. The van der Waals surface area contributed by atoms with Gasteiger partial charge in [0, 0.05) is 0 Å². The topological polar surface area (TPSA) is 0 Å². The van der Waals surface area contributed by atoms with Gasteiger partial charge in [0.2, 0.25) is 0 Å². The molecule has 0 nitrogen and oxygen atoms in total. The van der Waals surface area contributed by atoms with Crippen LogP contribution in [0.3, 0.4) is 0 Å². The molecular weight excluding hydrogens is 96.1 g/mol. The summed E-state index contributed by atoms with van der Waals surface area (Å²) in [4.78, 5) is 0. The van der Waals surface area contributed by atoms with Crippen molar-refractivity contribution in [2.75, 3.05) is 0 Å². The van der Waals surface area contributed by atoms with Gasteiger partial charge >= 0.3 is 0 Å². The Morgan fingerprint density at radius 2 is 2.25 bits per heavy atom. The SMILES string of the molecule is [CH2]C(C)CCCC=C. The lowest BCUT2D eigenvalue weighted by Crippen LogP contribution is -1.85. The van der Waals surface area contributed by atoms with Crippen LogP contribution in [0.1, 0.15) is 26.2 Å². The highest BCUT2D eigenvalue weighted by atomic mass is 14.0. The number of rotatable bonds is 4. The lowest BCUT2D eigenvalue weighted by molar-refractivity contribution is 0.609. The minimum absolute atomic E-state index is 0.606. The van der Waals surface area contributed by atoms with Gasteiger partial charge in [-0.15, -0.1) is 6.58 Å². The normalized spacial score (nSPS) is 9.88. The van der Waals surface area contributed by atoms with Crippen molar-refractivity contribution in [3.05, 3.63) is 19.6 Å². The molecule has 0 N–H and O–H groups in total. The maximum absolute atomic E-state index is 3.88. The molecule has 0 amide bonds. The van der Waals surface area contributed by atoms with E-state index in [2.05, 4.69) is 20.4 Å². The first-order chi connectivity index (χ1) is 3.77. The minimum Gasteiger partial charge on any atom is -0.103 e. The van der Waals surface area contributed by atoms with Crippen molar-refractivity contribution in [2.45, 2.75) is 26.2 Å². The number of hydrogen-bond acceptors (Lipinski definition) is 0. The molecule has 1 radical (unpaired) electrons. The van der Waals surface area contributed by atoms with E-state index in [0.717, 1.165) is 6.42 Å². The van der Waals surface area contributed by atoms with E-state index in [1.165, 1.54) is 12.8 Å². The maximum Gasteiger partial charge on any atom is -0.0353 e. The van der Waals surface area contributed by atoms with Crippen LogP contribution >= 0.6 is 0 Å². The zero-order valence-corrected chi connectivity index (χ0v) is 5.69. The second-order valence-corrected chi connectivity index (χ2v) is 2.32. The molecule has 0 bridgehead atoms. The third-order valence-corrected chi connectivity index (χ3v) is 1.11. The molecule has 0 saturated carbocycles. The molecule has 0 aliphatic heterocycles. The average Bonchev–Trinajstić information content (AvgIpc) is 1.66. The molecule has 1 atom stereocenters. The lowest BCUT2D eigenvalue weighted by Gasteiger charge is -1.99. The van der Waals surface area contributed by atoms with E-state index < -0.39 is 0 Å². The Morgan fingerprint density at radius 3 is 2.62 bits per heavy atom. The summed E-state index contributed by atoms with van der Waals surface area (Å²) in [7, 11) is 0. The van der Waals surface area contributed by atoms with Gasteiger partial charge in [-0.25, -0.2) is 0 Å². The van der Waals surface area contributed by atoms with Gasteiger partial charge in [0.05, 0.1) is 0 Å². The molecule has 1 unspecified atom stereocenters. The molecule has 0 spiro atoms. The summed E-state index contributed by atoms with van der Waals surface area (Å²) in [6.07, 6.45) is 5.57. The van der Waals surface area contributed by atoms with Gasteiger partial charge in [0.1, 0.15) is 0 Å². The molecule has 0 aromatic carbocycles. The van der Waals surface area contributed by atoms with Crippen LogP contribution in [0, 0.1) is 12.8 Å². The Morgan fingerprint density at radius 1 is 1.62 bits per heavy atom. The summed E-state index contributed by atoms with van der Waals surface area (Å²) >= 11 is 0. The summed E-state index contributed by atoms with van der Waals surface area (Å²) in [6.45, 7) is 9.66. The van der Waals surface area contributed by atoms with Gasteiger partial charge in [-0.1, -0.05) is 26.3 Å². The molecule has 47 valence electrons. The highest BCUT2D eigenvalue weighted by Crippen LogP contribution is 2.04. The largest absolute Gasteiger partial charge is 0.103 e. The van der Waals surface area contributed by atoms with E-state index in [1.54, 1.807) is 0 Å². The smallest absolute Gasteiger partial charge is 0.0353 e. The molecule has 0 fully saturated rings. The molecule has 0 aliphatic carbocycles. The predicted octanol–water partition coefficient (Wildman–Crippen LogP) is 2.81. The predicted molar refractivity (Wildman–Crippen MR) is 38.6 cm³/mol. The Balaban J connectivity index is 2.81. The van der Waals surface area contributed by atoms with E-state index in [1.807, 2.05) is 6.08 Å². The van der Waals surface area contributed by atoms with Crippen LogP contribution in [-0.4, -0.2) is 0 Å². The maximum atomic E-state index is 3.88. The van der Waals surface area contributed by atoms with Gasteiger partial charge in [-0.2, -0.15) is 0 Å². The molecule has 0 rings (SSSR count). The molecule has 0 aliphatic rings. The molecular formula is C8H15. The fourth-order valence-corrected chi connectivity index (χ4v) is 0.611. The highest BCUT2D eigenvalue weighted by molar-refractivity contribution is 4.66. The van der Waals surface area contributed by atoms with E-state index in [4.69, 9.17) is 0 Å². The summed E-state index contributed by atoms with van der Waals surface area (Å²) in [6, 6.07) is 0. The van der Waals surface area contributed by atoms with Crippen LogP contribution in [0.5, 0.6) is 0 Å². The Labute approximate surface area is 52.6 Å². The standard InChI is InChI=1S/C8H15/c1-4-5-6-7-8(2)3/h4,8H,1-2,5-7H2,3H3. The average molecular weight is 111 g/mol. The van der Waals surface area contributed by atoms with Crippen LogP contribution in [0.25, 0.3) is 0 Å². The van der Waals surface area contributed by atoms with Crippen molar-refractivity contribution in [3.63, 3.8) is 0 Å². The van der Waals surface area contributed by atoms with Crippen LogP contribution in [0.15, 0.2) is 12.7 Å².